The first kappa shape index (κ1) is 48.7. The SMILES string of the molecule is CC1CCC(C=O)N(C(=O)OC(C)(C)C)C1.CCN(CC)CC.Cc1cc(C)[n+](N)c(N)c1.Cc1cc(C)n2nc([C@@H]3CCCCN3C(=O)OC(C)(C)C)nc2c1. The second-order valence-corrected chi connectivity index (χ2v) is 17.2. The summed E-state index contributed by atoms with van der Waals surface area (Å²) in [6.07, 6.45) is 4.84. The summed E-state index contributed by atoms with van der Waals surface area (Å²) in [5.41, 5.74) is 9.69. The highest BCUT2D eigenvalue weighted by Gasteiger charge is 2.34. The van der Waals surface area contributed by atoms with Crippen molar-refractivity contribution < 1.29 is 28.5 Å². The molecule has 0 aromatic carbocycles. The Bertz CT molecular complexity index is 1710. The van der Waals surface area contributed by atoms with Crippen molar-refractivity contribution in [1.29, 1.82) is 0 Å². The van der Waals surface area contributed by atoms with Crippen LogP contribution >= 0.6 is 0 Å². The average Bonchev–Trinajstić information content (AvgIpc) is 3.55. The molecule has 2 unspecified atom stereocenters. The van der Waals surface area contributed by atoms with Gasteiger partial charge in [0.05, 0.1) is 12.1 Å². The number of hydrogen-bond donors (Lipinski definition) is 2. The lowest BCUT2D eigenvalue weighted by Gasteiger charge is -2.36. The number of nitrogens with zero attached hydrogens (tertiary/aromatic N) is 7. The number of piperidine rings is 2. The minimum atomic E-state index is -0.509. The standard InChI is InChI=1S/C18H26N4O2.C12H21NO3.C7H11N3.C6H15N/c1-12-10-13(2)22-15(11-12)19-16(20-22)14-8-6-7-9-21(14)17(23)24-18(3,4)5;1-9-5-6-10(8-14)13(7-9)11(15)16-12(2,3)4;1-5-3-6(2)10(9)7(8)4-5;1-4-7(5-2)6-3/h10-11,14H,6-9H2,1-5H3;8-10H,5-7H2,1-4H3;3-4,8H,9H2,1-2H3;4-6H2,1-3H3/p+1/t14-;;;/m0.../s1. The van der Waals surface area contributed by atoms with Gasteiger partial charge in [-0.05, 0) is 149 Å². The quantitative estimate of drug-likeness (QED) is 0.152. The zero-order valence-corrected chi connectivity index (χ0v) is 37.5. The number of ether oxygens (including phenoxy) is 2. The van der Waals surface area contributed by atoms with Crippen molar-refractivity contribution in [2.45, 2.75) is 152 Å². The number of likely N-dealkylation sites (tertiary alicyclic amines) is 2. The first-order chi connectivity index (χ1) is 26.5. The van der Waals surface area contributed by atoms with Crippen LogP contribution in [0.15, 0.2) is 24.3 Å². The van der Waals surface area contributed by atoms with Crippen LogP contribution in [0.3, 0.4) is 0 Å². The summed E-state index contributed by atoms with van der Waals surface area (Å²) >= 11 is 0. The molecule has 320 valence electrons. The number of anilines is 1. The van der Waals surface area contributed by atoms with E-state index in [0.29, 0.717) is 30.6 Å². The Morgan fingerprint density at radius 2 is 1.42 bits per heavy atom. The molecular weight excluding hydrogens is 723 g/mol. The van der Waals surface area contributed by atoms with Crippen molar-refractivity contribution in [3.63, 3.8) is 0 Å². The normalized spacial score (nSPS) is 18.3. The molecule has 57 heavy (non-hydrogen) atoms. The minimum Gasteiger partial charge on any atom is -0.444 e. The summed E-state index contributed by atoms with van der Waals surface area (Å²) in [6, 6.07) is 7.49. The molecule has 0 radical (unpaired) electrons. The van der Waals surface area contributed by atoms with Gasteiger partial charge in [-0.1, -0.05) is 27.7 Å². The summed E-state index contributed by atoms with van der Waals surface area (Å²) < 4.78 is 14.2. The summed E-state index contributed by atoms with van der Waals surface area (Å²) in [5, 5.41) is 4.66. The number of aldehydes is 1. The van der Waals surface area contributed by atoms with Gasteiger partial charge in [-0.2, -0.15) is 0 Å². The third kappa shape index (κ3) is 15.8. The lowest BCUT2D eigenvalue weighted by atomic mass is 9.95. The van der Waals surface area contributed by atoms with Gasteiger partial charge in [-0.15, -0.1) is 9.77 Å². The molecule has 3 aromatic heterocycles. The van der Waals surface area contributed by atoms with Crippen molar-refractivity contribution in [3.05, 3.63) is 52.6 Å². The third-order valence-corrected chi connectivity index (χ3v) is 9.67. The molecule has 5 rings (SSSR count). The molecule has 0 saturated carbocycles. The minimum absolute atomic E-state index is 0.117. The highest BCUT2D eigenvalue weighted by Crippen LogP contribution is 2.31. The lowest BCUT2D eigenvalue weighted by Crippen LogP contribution is -2.49. The number of pyridine rings is 2. The molecule has 2 fully saturated rings. The first-order valence-electron chi connectivity index (χ1n) is 20.6. The van der Waals surface area contributed by atoms with Crippen molar-refractivity contribution in [2.24, 2.45) is 5.92 Å². The van der Waals surface area contributed by atoms with Crippen LogP contribution in [0.25, 0.3) is 5.65 Å². The van der Waals surface area contributed by atoms with Crippen LogP contribution in [0.2, 0.25) is 0 Å². The van der Waals surface area contributed by atoms with Gasteiger partial charge in [0.2, 0.25) is 0 Å². The van der Waals surface area contributed by atoms with E-state index in [9.17, 15) is 14.4 Å². The molecule has 3 atom stereocenters. The molecule has 2 aliphatic rings. The smallest absolute Gasteiger partial charge is 0.410 e. The van der Waals surface area contributed by atoms with Crippen LogP contribution in [0.5, 0.6) is 0 Å². The number of fused-ring (bicyclic) bond motifs is 1. The molecule has 0 aliphatic carbocycles. The van der Waals surface area contributed by atoms with Gasteiger partial charge in [-0.3, -0.25) is 21.4 Å². The van der Waals surface area contributed by atoms with E-state index in [-0.39, 0.29) is 24.3 Å². The number of nitrogens with two attached hydrogens (primary N) is 2. The second-order valence-electron chi connectivity index (χ2n) is 17.2. The summed E-state index contributed by atoms with van der Waals surface area (Å²) in [6.45, 7) is 32.6. The fourth-order valence-electron chi connectivity index (χ4n) is 6.67. The zero-order valence-electron chi connectivity index (χ0n) is 37.5. The number of rotatable bonds is 5. The maximum atomic E-state index is 12.6. The number of aryl methyl sites for hydroxylation is 4. The van der Waals surface area contributed by atoms with Crippen LogP contribution in [-0.2, 0) is 14.3 Å². The van der Waals surface area contributed by atoms with E-state index >= 15 is 0 Å². The molecule has 5 heterocycles. The van der Waals surface area contributed by atoms with Crippen molar-refractivity contribution in [2.75, 3.05) is 44.3 Å². The van der Waals surface area contributed by atoms with E-state index in [2.05, 4.69) is 55.7 Å². The van der Waals surface area contributed by atoms with Crippen LogP contribution in [-0.4, -0.2) is 97.7 Å². The Morgan fingerprint density at radius 3 is 1.93 bits per heavy atom. The molecule has 3 aromatic rings. The Labute approximate surface area is 342 Å². The second kappa shape index (κ2) is 21.9. The molecule has 0 bridgehead atoms. The Balaban J connectivity index is 0.000000292. The maximum absolute atomic E-state index is 12.6. The highest BCUT2D eigenvalue weighted by molar-refractivity contribution is 5.74. The monoisotopic (exact) mass is 797 g/mol. The molecule has 2 saturated heterocycles. The number of amides is 2. The van der Waals surface area contributed by atoms with Crippen LogP contribution in [0.4, 0.5) is 15.4 Å². The average molecular weight is 797 g/mol. The molecule has 14 heteroatoms. The number of nitrogen functional groups attached to an aromatic ring is 2. The number of carbonyl (C=O) groups excluding carboxylic acids is 3. The van der Waals surface area contributed by atoms with Crippen LogP contribution in [0, 0.1) is 33.6 Å². The zero-order chi connectivity index (χ0) is 43.2. The van der Waals surface area contributed by atoms with Gasteiger partial charge in [0.1, 0.15) is 23.2 Å². The van der Waals surface area contributed by atoms with Crippen LogP contribution < -0.4 is 16.3 Å². The molecule has 4 N–H and O–H groups in total. The summed E-state index contributed by atoms with van der Waals surface area (Å²) in [7, 11) is 0. The fraction of sp³-hybridized carbons (Fsp3) is 0.674. The van der Waals surface area contributed by atoms with Crippen molar-refractivity contribution in [1.82, 2.24) is 29.3 Å². The molecule has 0 spiro atoms. The third-order valence-electron chi connectivity index (χ3n) is 9.67. The fourth-order valence-corrected chi connectivity index (χ4v) is 6.67. The molecular formula is C43H74N9O5+. The van der Waals surface area contributed by atoms with E-state index < -0.39 is 11.2 Å². The Kier molecular flexibility index (Phi) is 18.7. The lowest BCUT2D eigenvalue weighted by molar-refractivity contribution is -0.630. The topological polar surface area (TPSA) is 166 Å². The van der Waals surface area contributed by atoms with Crippen LogP contribution in [0.1, 0.15) is 136 Å². The van der Waals surface area contributed by atoms with Gasteiger partial charge in [0.25, 0.3) is 5.82 Å². The van der Waals surface area contributed by atoms with Gasteiger partial charge < -0.3 is 19.2 Å². The highest BCUT2D eigenvalue weighted by atomic mass is 16.6. The first-order valence-corrected chi connectivity index (χ1v) is 20.6. The predicted molar refractivity (Wildman–Crippen MR) is 227 cm³/mol. The van der Waals surface area contributed by atoms with Gasteiger partial charge in [-0.25, -0.2) is 19.1 Å². The number of aromatic nitrogens is 4. The molecule has 2 amide bonds. The van der Waals surface area contributed by atoms with Gasteiger partial charge in [0.15, 0.2) is 11.5 Å². The molecule has 2 aliphatic heterocycles. The number of carbonyl (C=O) groups is 3. The van der Waals surface area contributed by atoms with E-state index in [1.165, 1.54) is 24.3 Å². The number of hydrogen-bond acceptors (Lipinski definition) is 10. The van der Waals surface area contributed by atoms with E-state index in [0.717, 1.165) is 66.6 Å². The van der Waals surface area contributed by atoms with Crippen molar-refractivity contribution in [3.8, 4) is 0 Å². The summed E-state index contributed by atoms with van der Waals surface area (Å²) in [4.78, 5) is 45.7. The largest absolute Gasteiger partial charge is 0.444 e. The molecule has 14 nitrogen and oxygen atoms in total. The Morgan fingerprint density at radius 1 is 0.860 bits per heavy atom. The summed E-state index contributed by atoms with van der Waals surface area (Å²) in [5.74, 6) is 7.27. The van der Waals surface area contributed by atoms with E-state index in [4.69, 9.17) is 21.1 Å². The maximum Gasteiger partial charge on any atom is 0.410 e. The van der Waals surface area contributed by atoms with Gasteiger partial charge in [0, 0.05) is 31.8 Å². The Hall–Kier alpha value is -4.46. The predicted octanol–water partition coefficient (Wildman–Crippen LogP) is 7.26. The van der Waals surface area contributed by atoms with E-state index in [1.807, 2.05) is 85.0 Å². The van der Waals surface area contributed by atoms with Gasteiger partial charge >= 0.3 is 12.2 Å². The van der Waals surface area contributed by atoms with Crippen molar-refractivity contribution >= 4 is 29.9 Å². The van der Waals surface area contributed by atoms with E-state index in [1.54, 1.807) is 9.80 Å².